The van der Waals surface area contributed by atoms with Gasteiger partial charge in [-0.25, -0.2) is 0 Å². The first-order valence-corrected chi connectivity index (χ1v) is 5.97. The van der Waals surface area contributed by atoms with Crippen LogP contribution in [0, 0.1) is 5.41 Å². The van der Waals surface area contributed by atoms with E-state index in [0.717, 1.165) is 38.5 Å². The Bertz CT molecular complexity index is 224. The number of aliphatic hydroxyl groups excluding tert-OH is 1. The molecule has 0 aromatic heterocycles. The van der Waals surface area contributed by atoms with Crippen molar-refractivity contribution in [2.24, 2.45) is 5.41 Å². The molecular weight excluding hydrogens is 176 g/mol. The van der Waals surface area contributed by atoms with E-state index in [-0.39, 0.29) is 11.5 Å². The number of rotatable bonds is 0. The van der Waals surface area contributed by atoms with E-state index in [9.17, 15) is 9.90 Å². The SMILES string of the molecule is O=C1CCCCCC[C@@]12CCC[C@@H]2O. The second-order valence-corrected chi connectivity index (χ2v) is 4.90. The summed E-state index contributed by atoms with van der Waals surface area (Å²) in [5, 5.41) is 9.97. The van der Waals surface area contributed by atoms with Gasteiger partial charge in [-0.15, -0.1) is 0 Å². The van der Waals surface area contributed by atoms with Crippen molar-refractivity contribution in [3.05, 3.63) is 0 Å². The van der Waals surface area contributed by atoms with Crippen LogP contribution in [-0.4, -0.2) is 17.0 Å². The maximum absolute atomic E-state index is 12.0. The summed E-state index contributed by atoms with van der Waals surface area (Å²) >= 11 is 0. The van der Waals surface area contributed by atoms with Crippen LogP contribution in [0.1, 0.15) is 57.8 Å². The molecule has 2 nitrogen and oxygen atoms in total. The van der Waals surface area contributed by atoms with E-state index >= 15 is 0 Å². The van der Waals surface area contributed by atoms with Crippen molar-refractivity contribution in [1.29, 1.82) is 0 Å². The lowest BCUT2D eigenvalue weighted by molar-refractivity contribution is -0.135. The first kappa shape index (κ1) is 10.2. The Labute approximate surface area is 85.7 Å². The molecule has 1 spiro atoms. The molecule has 2 rings (SSSR count). The Hall–Kier alpha value is -0.370. The molecule has 0 radical (unpaired) electrons. The summed E-state index contributed by atoms with van der Waals surface area (Å²) in [6.45, 7) is 0. The van der Waals surface area contributed by atoms with E-state index in [1.165, 1.54) is 12.8 Å². The van der Waals surface area contributed by atoms with E-state index in [1.54, 1.807) is 0 Å². The standard InChI is InChI=1S/C12H20O2/c13-10-6-3-1-2-4-8-12(10)9-5-7-11(12)14/h11,14H,1-9H2/t11-,12+/m0/s1. The molecule has 0 aromatic carbocycles. The van der Waals surface area contributed by atoms with E-state index in [1.807, 2.05) is 0 Å². The van der Waals surface area contributed by atoms with Gasteiger partial charge in [-0.1, -0.05) is 19.3 Å². The maximum atomic E-state index is 12.0. The third kappa shape index (κ3) is 1.60. The van der Waals surface area contributed by atoms with Crippen LogP contribution in [0.4, 0.5) is 0 Å². The van der Waals surface area contributed by atoms with Gasteiger partial charge in [0.1, 0.15) is 5.78 Å². The van der Waals surface area contributed by atoms with Gasteiger partial charge in [0, 0.05) is 6.42 Å². The highest BCUT2D eigenvalue weighted by Gasteiger charge is 2.46. The summed E-state index contributed by atoms with van der Waals surface area (Å²) in [6.07, 6.45) is 8.71. The summed E-state index contributed by atoms with van der Waals surface area (Å²) in [5.41, 5.74) is -0.319. The minimum atomic E-state index is -0.340. The molecule has 2 saturated carbocycles. The van der Waals surface area contributed by atoms with Crippen molar-refractivity contribution in [3.63, 3.8) is 0 Å². The Balaban J connectivity index is 2.15. The third-order valence-electron chi connectivity index (χ3n) is 4.07. The van der Waals surface area contributed by atoms with Crippen LogP contribution in [-0.2, 0) is 4.79 Å². The fourth-order valence-corrected chi connectivity index (χ4v) is 3.14. The Morgan fingerprint density at radius 2 is 1.79 bits per heavy atom. The number of hydrogen-bond acceptors (Lipinski definition) is 2. The van der Waals surface area contributed by atoms with Crippen LogP contribution in [0.2, 0.25) is 0 Å². The van der Waals surface area contributed by atoms with Gasteiger partial charge < -0.3 is 5.11 Å². The minimum absolute atomic E-state index is 0.319. The molecule has 2 aliphatic carbocycles. The Morgan fingerprint density at radius 1 is 1.07 bits per heavy atom. The average molecular weight is 196 g/mol. The van der Waals surface area contributed by atoms with Crippen LogP contribution >= 0.6 is 0 Å². The molecular formula is C12H20O2. The van der Waals surface area contributed by atoms with Gasteiger partial charge in [0.05, 0.1) is 11.5 Å². The smallest absolute Gasteiger partial charge is 0.141 e. The second-order valence-electron chi connectivity index (χ2n) is 4.90. The number of ketones is 1. The minimum Gasteiger partial charge on any atom is -0.392 e. The van der Waals surface area contributed by atoms with Gasteiger partial charge in [-0.3, -0.25) is 4.79 Å². The normalized spacial score (nSPS) is 39.8. The predicted molar refractivity (Wildman–Crippen MR) is 55.0 cm³/mol. The fraction of sp³-hybridized carbons (Fsp3) is 0.917. The monoisotopic (exact) mass is 196 g/mol. The molecule has 2 fully saturated rings. The topological polar surface area (TPSA) is 37.3 Å². The number of hydrogen-bond donors (Lipinski definition) is 1. The molecule has 0 amide bonds. The lowest BCUT2D eigenvalue weighted by Crippen LogP contribution is -2.39. The molecule has 2 atom stereocenters. The molecule has 0 saturated heterocycles. The number of Topliss-reactive ketones (excluding diaryl/α,β-unsaturated/α-hetero) is 1. The molecule has 2 aliphatic rings. The van der Waals surface area contributed by atoms with E-state index in [2.05, 4.69) is 0 Å². The third-order valence-corrected chi connectivity index (χ3v) is 4.07. The molecule has 14 heavy (non-hydrogen) atoms. The molecule has 80 valence electrons. The van der Waals surface area contributed by atoms with Gasteiger partial charge in [-0.05, 0) is 32.1 Å². The summed E-state index contributed by atoms with van der Waals surface area (Å²) in [6, 6.07) is 0. The van der Waals surface area contributed by atoms with Gasteiger partial charge in [0.2, 0.25) is 0 Å². The van der Waals surface area contributed by atoms with Crippen molar-refractivity contribution in [1.82, 2.24) is 0 Å². The van der Waals surface area contributed by atoms with Gasteiger partial charge in [0.15, 0.2) is 0 Å². The van der Waals surface area contributed by atoms with Crippen LogP contribution in [0.3, 0.4) is 0 Å². The van der Waals surface area contributed by atoms with Crippen LogP contribution in [0.15, 0.2) is 0 Å². The maximum Gasteiger partial charge on any atom is 0.141 e. The highest BCUT2D eigenvalue weighted by Crippen LogP contribution is 2.45. The van der Waals surface area contributed by atoms with Gasteiger partial charge in [0.25, 0.3) is 0 Å². The zero-order valence-electron chi connectivity index (χ0n) is 8.80. The summed E-state index contributed by atoms with van der Waals surface area (Å²) in [4.78, 5) is 12.0. The first-order chi connectivity index (χ1) is 6.76. The highest BCUT2D eigenvalue weighted by atomic mass is 16.3. The molecule has 1 N–H and O–H groups in total. The van der Waals surface area contributed by atoms with E-state index in [4.69, 9.17) is 0 Å². The Morgan fingerprint density at radius 3 is 2.50 bits per heavy atom. The quantitative estimate of drug-likeness (QED) is 0.646. The predicted octanol–water partition coefficient (Wildman–Crippen LogP) is 2.44. The van der Waals surface area contributed by atoms with E-state index < -0.39 is 0 Å². The van der Waals surface area contributed by atoms with Crippen molar-refractivity contribution in [3.8, 4) is 0 Å². The fourth-order valence-electron chi connectivity index (χ4n) is 3.14. The lowest BCUT2D eigenvalue weighted by Gasteiger charge is -2.32. The zero-order valence-corrected chi connectivity index (χ0v) is 8.80. The highest BCUT2D eigenvalue weighted by molar-refractivity contribution is 5.85. The van der Waals surface area contributed by atoms with Crippen LogP contribution < -0.4 is 0 Å². The first-order valence-electron chi connectivity index (χ1n) is 5.97. The van der Waals surface area contributed by atoms with Crippen molar-refractivity contribution in [2.75, 3.05) is 0 Å². The molecule has 2 heteroatoms. The van der Waals surface area contributed by atoms with Crippen LogP contribution in [0.5, 0.6) is 0 Å². The summed E-state index contributed by atoms with van der Waals surface area (Å²) in [5.74, 6) is 0.349. The zero-order chi connectivity index (χ0) is 10.0. The molecule has 0 unspecified atom stereocenters. The number of aliphatic hydroxyl groups is 1. The van der Waals surface area contributed by atoms with Gasteiger partial charge in [-0.2, -0.15) is 0 Å². The van der Waals surface area contributed by atoms with Crippen LogP contribution in [0.25, 0.3) is 0 Å². The largest absolute Gasteiger partial charge is 0.392 e. The Kier molecular flexibility index (Phi) is 2.91. The van der Waals surface area contributed by atoms with Crippen molar-refractivity contribution >= 4 is 5.78 Å². The summed E-state index contributed by atoms with van der Waals surface area (Å²) < 4.78 is 0. The lowest BCUT2D eigenvalue weighted by atomic mass is 9.72. The second kappa shape index (κ2) is 4.01. The molecule has 0 aliphatic heterocycles. The van der Waals surface area contributed by atoms with Crippen molar-refractivity contribution < 1.29 is 9.90 Å². The molecule has 0 aromatic rings. The van der Waals surface area contributed by atoms with Gasteiger partial charge >= 0.3 is 0 Å². The average Bonchev–Trinajstić information content (AvgIpc) is 2.52. The molecule has 0 heterocycles. The molecule has 0 bridgehead atoms. The van der Waals surface area contributed by atoms with Crippen molar-refractivity contribution in [2.45, 2.75) is 63.9 Å². The number of carbonyl (C=O) groups is 1. The summed E-state index contributed by atoms with van der Waals surface area (Å²) in [7, 11) is 0. The van der Waals surface area contributed by atoms with E-state index in [0.29, 0.717) is 12.2 Å². The number of carbonyl (C=O) groups excluding carboxylic acids is 1.